The lowest BCUT2D eigenvalue weighted by atomic mass is 10.5. The smallest absolute Gasteiger partial charge is 0.164 e. The first-order valence-electron chi connectivity index (χ1n) is 3.39. The van der Waals surface area contributed by atoms with Crippen LogP contribution in [0.1, 0.15) is 19.2 Å². The van der Waals surface area contributed by atoms with E-state index in [1.165, 1.54) is 4.80 Å². The first kappa shape index (κ1) is 10.0. The summed E-state index contributed by atoms with van der Waals surface area (Å²) in [5.41, 5.74) is 0. The summed E-state index contributed by atoms with van der Waals surface area (Å²) in [6, 6.07) is 0. The Bertz CT molecular complexity index is 253. The van der Waals surface area contributed by atoms with Gasteiger partial charge in [0.25, 0.3) is 3.79 Å². The molecule has 0 aromatic carbocycles. The number of hydrogen-bond donors (Lipinski definition) is 0. The van der Waals surface area contributed by atoms with Gasteiger partial charge >= 0.3 is 0 Å². The van der Waals surface area contributed by atoms with Gasteiger partial charge in [0.15, 0.2) is 0 Å². The number of tetrazole rings is 1. The molecule has 4 nitrogen and oxygen atoms in total. The molecule has 0 bridgehead atoms. The van der Waals surface area contributed by atoms with Crippen molar-refractivity contribution in [1.29, 1.82) is 0 Å². The summed E-state index contributed by atoms with van der Waals surface area (Å²) in [4.78, 5) is 1.40. The van der Waals surface area contributed by atoms with Gasteiger partial charge in [0, 0.05) is 0 Å². The molecule has 0 aliphatic rings. The quantitative estimate of drug-likeness (QED) is 0.728. The van der Waals surface area contributed by atoms with Gasteiger partial charge in [-0.3, -0.25) is 0 Å². The lowest BCUT2D eigenvalue weighted by Gasteiger charge is -2.02. The molecule has 1 aromatic heterocycles. The van der Waals surface area contributed by atoms with E-state index < -0.39 is 3.79 Å². The van der Waals surface area contributed by atoms with Crippen LogP contribution < -0.4 is 0 Å². The molecule has 0 fully saturated rings. The molecule has 0 aliphatic heterocycles. The van der Waals surface area contributed by atoms with Crippen LogP contribution in [0.15, 0.2) is 0 Å². The van der Waals surface area contributed by atoms with Gasteiger partial charge in [0.1, 0.15) is 0 Å². The molecule has 12 heavy (non-hydrogen) atoms. The maximum absolute atomic E-state index is 5.52. The Morgan fingerprint density at radius 1 is 1.42 bits per heavy atom. The molecule has 0 atom stereocenters. The third-order valence-corrected chi connectivity index (χ3v) is 1.64. The summed E-state index contributed by atoms with van der Waals surface area (Å²) in [6.07, 6.45) is 0.912. The highest BCUT2D eigenvalue weighted by molar-refractivity contribution is 6.66. The average Bonchev–Trinajstić information content (AvgIpc) is 2.35. The van der Waals surface area contributed by atoms with Crippen molar-refractivity contribution in [2.24, 2.45) is 0 Å². The summed E-state index contributed by atoms with van der Waals surface area (Å²) in [7, 11) is 0. The topological polar surface area (TPSA) is 43.6 Å². The van der Waals surface area contributed by atoms with E-state index in [9.17, 15) is 0 Å². The highest BCUT2D eigenvalue weighted by Gasteiger charge is 2.28. The molecule has 7 heteroatoms. The van der Waals surface area contributed by atoms with Crippen molar-refractivity contribution >= 4 is 34.8 Å². The Labute approximate surface area is 84.8 Å². The van der Waals surface area contributed by atoms with Crippen molar-refractivity contribution in [3.8, 4) is 0 Å². The van der Waals surface area contributed by atoms with Crippen LogP contribution in [0.5, 0.6) is 0 Å². The second kappa shape index (κ2) is 3.77. The predicted octanol–water partition coefficient (Wildman–Crippen LogP) is 1.91. The molecule has 0 radical (unpaired) electrons. The van der Waals surface area contributed by atoms with Gasteiger partial charge in [-0.05, 0) is 11.6 Å². The first-order chi connectivity index (χ1) is 5.54. The molecule has 0 N–H and O–H groups in total. The third kappa shape index (κ3) is 2.47. The van der Waals surface area contributed by atoms with Crippen LogP contribution in [-0.4, -0.2) is 20.2 Å². The van der Waals surface area contributed by atoms with Crippen molar-refractivity contribution in [3.63, 3.8) is 0 Å². The van der Waals surface area contributed by atoms with Crippen LogP contribution in [0.25, 0.3) is 0 Å². The number of rotatable bonds is 2. The third-order valence-electron chi connectivity index (χ3n) is 1.13. The minimum Gasteiger partial charge on any atom is -0.164 e. The minimum atomic E-state index is -1.58. The number of alkyl halides is 3. The predicted molar refractivity (Wildman–Crippen MR) is 47.3 cm³/mol. The standard InChI is InChI=1S/C5H7Cl3N4/c1-2-3-12-10-4(9-11-12)5(6,7)8/h2-3H2,1H3. The van der Waals surface area contributed by atoms with Gasteiger partial charge in [-0.15, -0.1) is 10.2 Å². The lowest BCUT2D eigenvalue weighted by Crippen LogP contribution is -2.05. The maximum atomic E-state index is 5.52. The summed E-state index contributed by atoms with van der Waals surface area (Å²) in [5, 5.41) is 11.2. The largest absolute Gasteiger partial charge is 0.253 e. The molecule has 0 spiro atoms. The van der Waals surface area contributed by atoms with Crippen LogP contribution in [0.4, 0.5) is 0 Å². The number of hydrogen-bond acceptors (Lipinski definition) is 3. The van der Waals surface area contributed by atoms with Crippen LogP contribution in [-0.2, 0) is 10.3 Å². The van der Waals surface area contributed by atoms with Gasteiger partial charge in [0.2, 0.25) is 5.82 Å². The van der Waals surface area contributed by atoms with E-state index in [1.807, 2.05) is 6.92 Å². The highest BCUT2D eigenvalue weighted by atomic mass is 35.6. The Morgan fingerprint density at radius 2 is 2.08 bits per heavy atom. The second-order valence-electron chi connectivity index (χ2n) is 2.21. The first-order valence-corrected chi connectivity index (χ1v) is 4.52. The van der Waals surface area contributed by atoms with Crippen LogP contribution in [0.3, 0.4) is 0 Å². The van der Waals surface area contributed by atoms with Gasteiger partial charge in [-0.2, -0.15) is 4.80 Å². The summed E-state index contributed by atoms with van der Waals surface area (Å²) >= 11 is 16.6. The number of halogens is 3. The fraction of sp³-hybridized carbons (Fsp3) is 0.800. The van der Waals surface area contributed by atoms with Crippen molar-refractivity contribution in [1.82, 2.24) is 20.2 Å². The second-order valence-corrected chi connectivity index (χ2v) is 4.49. The zero-order chi connectivity index (χ0) is 9.19. The zero-order valence-electron chi connectivity index (χ0n) is 6.34. The van der Waals surface area contributed by atoms with Gasteiger partial charge in [0.05, 0.1) is 6.54 Å². The molecule has 68 valence electrons. The molecule has 1 rings (SSSR count). The Hall–Kier alpha value is -0.0600. The number of aryl methyl sites for hydroxylation is 1. The van der Waals surface area contributed by atoms with Crippen molar-refractivity contribution < 1.29 is 0 Å². The van der Waals surface area contributed by atoms with E-state index in [-0.39, 0.29) is 5.82 Å². The SMILES string of the molecule is CCCn1nnc(C(Cl)(Cl)Cl)n1. The Balaban J connectivity index is 2.77. The fourth-order valence-electron chi connectivity index (χ4n) is 0.651. The van der Waals surface area contributed by atoms with Gasteiger partial charge < -0.3 is 0 Å². The molecular formula is C5H7Cl3N4. The summed E-state index contributed by atoms with van der Waals surface area (Å²) < 4.78 is -1.58. The van der Waals surface area contributed by atoms with Crippen LogP contribution in [0.2, 0.25) is 0 Å². The van der Waals surface area contributed by atoms with E-state index >= 15 is 0 Å². The fourth-order valence-corrected chi connectivity index (χ4v) is 0.878. The zero-order valence-corrected chi connectivity index (χ0v) is 8.60. The van der Waals surface area contributed by atoms with Crippen molar-refractivity contribution in [2.45, 2.75) is 23.7 Å². The van der Waals surface area contributed by atoms with E-state index in [0.29, 0.717) is 6.54 Å². The van der Waals surface area contributed by atoms with Crippen LogP contribution >= 0.6 is 34.8 Å². The highest BCUT2D eigenvalue weighted by Crippen LogP contribution is 2.35. The normalized spacial score (nSPS) is 12.0. The minimum absolute atomic E-state index is 0.112. The molecular weight excluding hydrogens is 222 g/mol. The molecule has 0 unspecified atom stereocenters. The maximum Gasteiger partial charge on any atom is 0.253 e. The van der Waals surface area contributed by atoms with Gasteiger partial charge in [-0.1, -0.05) is 41.7 Å². The molecule has 1 heterocycles. The Morgan fingerprint density at radius 3 is 2.50 bits per heavy atom. The molecule has 1 aromatic rings. The van der Waals surface area contributed by atoms with E-state index in [0.717, 1.165) is 6.42 Å². The van der Waals surface area contributed by atoms with Crippen molar-refractivity contribution in [2.75, 3.05) is 0 Å². The summed E-state index contributed by atoms with van der Waals surface area (Å²) in [5.74, 6) is 0.112. The Kier molecular flexibility index (Phi) is 3.15. The van der Waals surface area contributed by atoms with Gasteiger partial charge in [-0.25, -0.2) is 0 Å². The monoisotopic (exact) mass is 228 g/mol. The number of aromatic nitrogens is 4. The molecule has 0 aliphatic carbocycles. The molecule has 0 saturated heterocycles. The lowest BCUT2D eigenvalue weighted by molar-refractivity contribution is 0.513. The van der Waals surface area contributed by atoms with E-state index in [4.69, 9.17) is 34.8 Å². The van der Waals surface area contributed by atoms with Crippen LogP contribution in [0, 0.1) is 0 Å². The summed E-state index contributed by atoms with van der Waals surface area (Å²) in [6.45, 7) is 2.67. The van der Waals surface area contributed by atoms with E-state index in [1.54, 1.807) is 0 Å². The van der Waals surface area contributed by atoms with E-state index in [2.05, 4.69) is 15.4 Å². The van der Waals surface area contributed by atoms with Crippen molar-refractivity contribution in [3.05, 3.63) is 5.82 Å². The average molecular weight is 229 g/mol. The number of nitrogens with zero attached hydrogens (tertiary/aromatic N) is 4. The molecule has 0 amide bonds. The molecule has 0 saturated carbocycles.